The van der Waals surface area contributed by atoms with Crippen molar-refractivity contribution in [2.24, 2.45) is 0 Å². The number of benzene rings is 2. The van der Waals surface area contributed by atoms with Crippen molar-refractivity contribution in [1.82, 2.24) is 4.90 Å². The molecule has 0 aromatic heterocycles. The van der Waals surface area contributed by atoms with Crippen molar-refractivity contribution in [3.8, 4) is 0 Å². The van der Waals surface area contributed by atoms with E-state index in [1.165, 1.54) is 17.2 Å². The van der Waals surface area contributed by atoms with Crippen molar-refractivity contribution in [3.63, 3.8) is 0 Å². The highest BCUT2D eigenvalue weighted by Crippen LogP contribution is 2.34. The molecule has 1 aliphatic carbocycles. The van der Waals surface area contributed by atoms with E-state index in [9.17, 15) is 14.9 Å². The Kier molecular flexibility index (Phi) is 4.81. The number of anilines is 1. The van der Waals surface area contributed by atoms with Crippen molar-refractivity contribution in [2.45, 2.75) is 25.8 Å². The van der Waals surface area contributed by atoms with Gasteiger partial charge in [0.05, 0.1) is 11.5 Å². The minimum absolute atomic E-state index is 0.0813. The monoisotopic (exact) mass is 339 g/mol. The Morgan fingerprint density at radius 3 is 2.84 bits per heavy atom. The molecule has 1 N–H and O–H groups in total. The highest BCUT2D eigenvalue weighted by atomic mass is 16.6. The molecule has 130 valence electrons. The quantitative estimate of drug-likeness (QED) is 0.668. The molecule has 0 spiro atoms. The zero-order valence-corrected chi connectivity index (χ0v) is 14.4. The third kappa shape index (κ3) is 3.69. The lowest BCUT2D eigenvalue weighted by molar-refractivity contribution is -0.384. The van der Waals surface area contributed by atoms with Gasteiger partial charge < -0.3 is 5.32 Å². The summed E-state index contributed by atoms with van der Waals surface area (Å²) in [6.07, 6.45) is 1.99. The fraction of sp³-hybridized carbons (Fsp3) is 0.316. The second kappa shape index (κ2) is 7.03. The Hall–Kier alpha value is -2.73. The van der Waals surface area contributed by atoms with Gasteiger partial charge >= 0.3 is 0 Å². The molecule has 0 bridgehead atoms. The molecule has 0 unspecified atom stereocenters. The van der Waals surface area contributed by atoms with Gasteiger partial charge in [0.1, 0.15) is 5.69 Å². The summed E-state index contributed by atoms with van der Waals surface area (Å²) in [7, 11) is 1.91. The molecule has 0 saturated carbocycles. The van der Waals surface area contributed by atoms with Crippen LogP contribution in [-0.4, -0.2) is 29.3 Å². The molecule has 2 aromatic rings. The maximum absolute atomic E-state index is 12.4. The third-order valence-electron chi connectivity index (χ3n) is 4.65. The minimum atomic E-state index is -0.473. The number of nitrogens with zero attached hydrogens (tertiary/aromatic N) is 2. The molecule has 6 nitrogen and oxygen atoms in total. The summed E-state index contributed by atoms with van der Waals surface area (Å²) >= 11 is 0. The Morgan fingerprint density at radius 2 is 2.08 bits per heavy atom. The molecule has 25 heavy (non-hydrogen) atoms. The number of carbonyl (C=O) groups is 1. The van der Waals surface area contributed by atoms with Gasteiger partial charge in [-0.25, -0.2) is 0 Å². The molecule has 6 heteroatoms. The summed E-state index contributed by atoms with van der Waals surface area (Å²) < 4.78 is 0. The zero-order valence-electron chi connectivity index (χ0n) is 14.4. The Bertz CT molecular complexity index is 819. The Morgan fingerprint density at radius 1 is 1.32 bits per heavy atom. The topological polar surface area (TPSA) is 75.5 Å². The standard InChI is InChI=1S/C19H21N3O3/c1-13-7-9-16(18(11-13)22(24)25)20-19(23)12-21(2)17-10-8-14-5-3-4-6-15(14)17/h3-7,9,11,17H,8,10,12H2,1-2H3,(H,20,23)/t17-/m1/s1. The van der Waals surface area contributed by atoms with Gasteiger partial charge in [0.2, 0.25) is 5.91 Å². The first kappa shape index (κ1) is 17.1. The predicted octanol–water partition coefficient (Wildman–Crippen LogP) is 3.46. The minimum Gasteiger partial charge on any atom is -0.319 e. The fourth-order valence-corrected chi connectivity index (χ4v) is 3.42. The average molecular weight is 339 g/mol. The molecule has 1 atom stereocenters. The van der Waals surface area contributed by atoms with E-state index in [2.05, 4.69) is 17.4 Å². The van der Waals surface area contributed by atoms with Gasteiger partial charge in [-0.15, -0.1) is 0 Å². The van der Waals surface area contributed by atoms with E-state index < -0.39 is 4.92 Å². The van der Waals surface area contributed by atoms with Gasteiger partial charge in [-0.2, -0.15) is 0 Å². The van der Waals surface area contributed by atoms with Crippen LogP contribution in [0.3, 0.4) is 0 Å². The van der Waals surface area contributed by atoms with Gasteiger partial charge in [0.15, 0.2) is 0 Å². The second-order valence-electron chi connectivity index (χ2n) is 6.49. The first-order valence-electron chi connectivity index (χ1n) is 8.28. The van der Waals surface area contributed by atoms with Crippen LogP contribution < -0.4 is 5.32 Å². The number of hydrogen-bond donors (Lipinski definition) is 1. The van der Waals surface area contributed by atoms with E-state index in [4.69, 9.17) is 0 Å². The summed E-state index contributed by atoms with van der Waals surface area (Å²) in [5.41, 5.74) is 3.53. The van der Waals surface area contributed by atoms with Crippen molar-refractivity contribution < 1.29 is 9.72 Å². The smallest absolute Gasteiger partial charge is 0.293 e. The number of nitro groups is 1. The number of hydrogen-bond acceptors (Lipinski definition) is 4. The summed E-state index contributed by atoms with van der Waals surface area (Å²) in [6.45, 7) is 1.97. The number of nitro benzene ring substituents is 1. The van der Waals surface area contributed by atoms with Crippen LogP contribution in [0.2, 0.25) is 0 Å². The van der Waals surface area contributed by atoms with Gasteiger partial charge in [-0.05, 0) is 49.6 Å². The summed E-state index contributed by atoms with van der Waals surface area (Å²) in [4.78, 5) is 25.1. The van der Waals surface area contributed by atoms with E-state index in [0.717, 1.165) is 18.4 Å². The summed E-state index contributed by atoms with van der Waals surface area (Å²) in [6, 6.07) is 13.3. The maximum atomic E-state index is 12.4. The molecular formula is C19H21N3O3. The van der Waals surface area contributed by atoms with E-state index in [-0.39, 0.29) is 29.9 Å². The maximum Gasteiger partial charge on any atom is 0.293 e. The lowest BCUT2D eigenvalue weighted by Crippen LogP contribution is -2.32. The Balaban J connectivity index is 1.69. The zero-order chi connectivity index (χ0) is 18.0. The average Bonchev–Trinajstić information content (AvgIpc) is 3.00. The number of aryl methyl sites for hydroxylation is 2. The van der Waals surface area contributed by atoms with Gasteiger partial charge in [0.25, 0.3) is 5.69 Å². The van der Waals surface area contributed by atoms with E-state index in [1.54, 1.807) is 19.1 Å². The van der Waals surface area contributed by atoms with E-state index in [1.807, 2.05) is 24.1 Å². The number of rotatable bonds is 5. The fourth-order valence-electron chi connectivity index (χ4n) is 3.42. The summed E-state index contributed by atoms with van der Waals surface area (Å²) in [5, 5.41) is 13.8. The van der Waals surface area contributed by atoms with Gasteiger partial charge in [-0.3, -0.25) is 19.8 Å². The van der Waals surface area contributed by atoms with Crippen LogP contribution in [0, 0.1) is 17.0 Å². The largest absolute Gasteiger partial charge is 0.319 e. The number of amides is 1. The first-order chi connectivity index (χ1) is 12.0. The van der Waals surface area contributed by atoms with E-state index >= 15 is 0 Å². The molecule has 0 aliphatic heterocycles. The van der Waals surface area contributed by atoms with Crippen LogP contribution in [0.25, 0.3) is 0 Å². The molecule has 0 heterocycles. The second-order valence-corrected chi connectivity index (χ2v) is 6.49. The van der Waals surface area contributed by atoms with Crippen LogP contribution in [0.1, 0.15) is 29.2 Å². The molecule has 1 amide bonds. The SMILES string of the molecule is Cc1ccc(NC(=O)CN(C)[C@@H]2CCc3ccccc32)c([N+](=O)[O-])c1. The van der Waals surface area contributed by atoms with Crippen LogP contribution >= 0.6 is 0 Å². The molecule has 0 radical (unpaired) electrons. The van der Waals surface area contributed by atoms with Crippen LogP contribution in [0.5, 0.6) is 0 Å². The molecular weight excluding hydrogens is 318 g/mol. The lowest BCUT2D eigenvalue weighted by Gasteiger charge is -2.24. The van der Waals surface area contributed by atoms with Crippen molar-refractivity contribution in [2.75, 3.05) is 18.9 Å². The molecule has 3 rings (SSSR count). The molecule has 2 aromatic carbocycles. The van der Waals surface area contributed by atoms with Crippen molar-refractivity contribution in [1.29, 1.82) is 0 Å². The van der Waals surface area contributed by atoms with Crippen LogP contribution in [0.4, 0.5) is 11.4 Å². The predicted molar refractivity (Wildman–Crippen MR) is 96.6 cm³/mol. The van der Waals surface area contributed by atoms with Crippen molar-refractivity contribution >= 4 is 17.3 Å². The van der Waals surface area contributed by atoms with E-state index in [0.29, 0.717) is 0 Å². The molecule has 0 fully saturated rings. The van der Waals surface area contributed by atoms with Crippen LogP contribution in [-0.2, 0) is 11.2 Å². The molecule has 1 aliphatic rings. The number of carbonyl (C=O) groups excluding carboxylic acids is 1. The lowest BCUT2D eigenvalue weighted by atomic mass is 10.1. The number of fused-ring (bicyclic) bond motifs is 1. The number of likely N-dealkylation sites (N-methyl/N-ethyl adjacent to an activating group) is 1. The molecule has 0 saturated heterocycles. The van der Waals surface area contributed by atoms with Crippen molar-refractivity contribution in [3.05, 3.63) is 69.3 Å². The number of nitrogens with one attached hydrogen (secondary N) is 1. The Labute approximate surface area is 146 Å². The van der Waals surface area contributed by atoms with Gasteiger partial charge in [0, 0.05) is 12.1 Å². The summed E-state index contributed by atoms with van der Waals surface area (Å²) in [5.74, 6) is -0.251. The third-order valence-corrected chi connectivity index (χ3v) is 4.65. The normalized spacial score (nSPS) is 15.9. The highest BCUT2D eigenvalue weighted by Gasteiger charge is 2.27. The van der Waals surface area contributed by atoms with Gasteiger partial charge in [-0.1, -0.05) is 30.3 Å². The van der Waals surface area contributed by atoms with Crippen LogP contribution in [0.15, 0.2) is 42.5 Å². The highest BCUT2D eigenvalue weighted by molar-refractivity contribution is 5.94. The first-order valence-corrected chi connectivity index (χ1v) is 8.28.